The Morgan fingerprint density at radius 2 is 2.02 bits per heavy atom. The lowest BCUT2D eigenvalue weighted by atomic mass is 9.96. The molecule has 1 aliphatic heterocycles. The molecule has 3 N–H and O–H groups in total. The maximum atomic E-state index is 14.4. The zero-order valence-electron chi connectivity index (χ0n) is 24.9. The average molecular weight is 609 g/mol. The summed E-state index contributed by atoms with van der Waals surface area (Å²) < 4.78 is 55.4. The molecule has 0 radical (unpaired) electrons. The van der Waals surface area contributed by atoms with Gasteiger partial charge in [-0.3, -0.25) is 23.7 Å². The molecule has 2 heterocycles. The fraction of sp³-hybridized carbons (Fsp3) is 0.464. The molecule has 41 heavy (non-hydrogen) atoms. The van der Waals surface area contributed by atoms with Crippen LogP contribution in [0.25, 0.3) is 10.8 Å². The van der Waals surface area contributed by atoms with Gasteiger partial charge in [-0.1, -0.05) is 56.7 Å². The molecule has 1 aliphatic rings. The van der Waals surface area contributed by atoms with E-state index >= 15 is 0 Å². The van der Waals surface area contributed by atoms with Crippen molar-refractivity contribution in [1.29, 1.82) is 0 Å². The first-order valence-corrected chi connectivity index (χ1v) is 15.3. The van der Waals surface area contributed by atoms with Crippen LogP contribution in [0.4, 0.5) is 0 Å². The van der Waals surface area contributed by atoms with Crippen LogP contribution in [0.1, 0.15) is 42.6 Å². The summed E-state index contributed by atoms with van der Waals surface area (Å²) in [5.74, 6) is -1.55. The van der Waals surface area contributed by atoms with Crippen molar-refractivity contribution in [1.82, 2.24) is 9.55 Å². The van der Waals surface area contributed by atoms with Crippen LogP contribution >= 0.6 is 19.8 Å². The topological polar surface area (TPSA) is 149 Å². The molecular weight excluding hydrogens is 571 g/mol. The lowest BCUT2D eigenvalue weighted by Gasteiger charge is -2.28. The number of benzene rings is 2. The first-order chi connectivity index (χ1) is 20.2. The highest BCUT2D eigenvalue weighted by Gasteiger charge is 2.53. The van der Waals surface area contributed by atoms with E-state index in [9.17, 15) is 24.4 Å². The molecule has 1 aromatic heterocycles. The number of aliphatic hydroxyl groups excluding tert-OH is 1. The van der Waals surface area contributed by atoms with Gasteiger partial charge in [0.2, 0.25) is 0 Å². The van der Waals surface area contributed by atoms with Gasteiger partial charge in [0.05, 0.1) is 28.0 Å². The molecule has 0 saturated carbocycles. The third-order valence-electron chi connectivity index (χ3n) is 6.70. The number of unbranched alkanes of at least 4 members (excludes halogenated alkanes) is 1. The quantitative estimate of drug-likeness (QED) is 0.117. The van der Waals surface area contributed by atoms with Crippen LogP contribution < -0.4 is 10.1 Å². The number of carbonyl (C=O) groups excluding carboxylic acids is 1. The molecule has 1 saturated heterocycles. The van der Waals surface area contributed by atoms with Crippen molar-refractivity contribution in [2.45, 2.75) is 57.6 Å². The summed E-state index contributed by atoms with van der Waals surface area (Å²) in [7, 11) is -4.57. The Bertz CT molecular complexity index is 1620. The van der Waals surface area contributed by atoms with E-state index in [4.69, 9.17) is 33.5 Å². The maximum Gasteiger partial charge on any atom is 0.380 e. The van der Waals surface area contributed by atoms with Crippen LogP contribution in [0, 0.1) is 10.7 Å². The molecule has 0 aliphatic carbocycles. The Labute approximate surface area is 245 Å². The smallest absolute Gasteiger partial charge is 0.380 e. The fourth-order valence-electron chi connectivity index (χ4n) is 4.37. The second-order valence-corrected chi connectivity index (χ2v) is 12.4. The highest BCUT2D eigenvalue weighted by atomic mass is 32.1. The van der Waals surface area contributed by atoms with Gasteiger partial charge in [-0.2, -0.15) is 0 Å². The number of hydrogen-bond acceptors (Lipinski definition) is 10. The number of aliphatic hydroxyl groups is 2. The number of rotatable bonds is 12. The number of nitrogens with zero attached hydrogens (tertiary/aromatic N) is 1. The van der Waals surface area contributed by atoms with Crippen LogP contribution in [-0.2, 0) is 23.4 Å². The van der Waals surface area contributed by atoms with Crippen molar-refractivity contribution in [3.63, 3.8) is 0 Å². The summed E-state index contributed by atoms with van der Waals surface area (Å²) in [6, 6.07) is 13.2. The summed E-state index contributed by atoms with van der Waals surface area (Å²) in [5.41, 5.74) is -2.64. The van der Waals surface area contributed by atoms with Gasteiger partial charge in [0.25, 0.3) is 5.56 Å². The molecule has 0 bridgehead atoms. The van der Waals surface area contributed by atoms with E-state index in [0.717, 1.165) is 22.4 Å². The number of carbonyl (C=O) groups is 1. The molecule has 13 heteroatoms. The molecule has 3 aromatic rings. The number of H-pyrrole nitrogens is 1. The minimum absolute atomic E-state index is 0.126. The van der Waals surface area contributed by atoms with Gasteiger partial charge in [-0.25, -0.2) is 4.57 Å². The van der Waals surface area contributed by atoms with E-state index in [0.29, 0.717) is 11.8 Å². The van der Waals surface area contributed by atoms with Crippen LogP contribution in [0.2, 0.25) is 0 Å². The van der Waals surface area contributed by atoms with Crippen LogP contribution in [0.5, 0.6) is 5.75 Å². The van der Waals surface area contributed by atoms with E-state index in [2.05, 4.69) is 4.98 Å². The summed E-state index contributed by atoms with van der Waals surface area (Å²) in [6.07, 6.45) is -3.17. The number of nitrogens with one attached hydrogen (secondary N) is 1. The number of hydrogen-bond donors (Lipinski definition) is 3. The van der Waals surface area contributed by atoms with Gasteiger partial charge in [-0.15, -0.1) is 0 Å². The number of esters is 1. The molecular formula is C28H35N2O9PS. The predicted molar refractivity (Wildman–Crippen MR) is 154 cm³/mol. The average Bonchev–Trinajstić information content (AvgIpc) is 3.17. The van der Waals surface area contributed by atoms with Gasteiger partial charge in [0.15, 0.2) is 11.0 Å². The minimum Gasteiger partial charge on any atom is -0.465 e. The van der Waals surface area contributed by atoms with E-state index in [1.807, 2.05) is 25.1 Å². The summed E-state index contributed by atoms with van der Waals surface area (Å²) >= 11 is 5.16. The van der Waals surface area contributed by atoms with Gasteiger partial charge in [0, 0.05) is 17.6 Å². The van der Waals surface area contributed by atoms with Crippen molar-refractivity contribution in [2.75, 3.05) is 19.3 Å². The van der Waals surface area contributed by atoms with Gasteiger partial charge < -0.3 is 24.2 Å². The molecule has 0 amide bonds. The fourth-order valence-corrected chi connectivity index (χ4v) is 6.36. The first-order valence-electron chi connectivity index (χ1n) is 14.2. The summed E-state index contributed by atoms with van der Waals surface area (Å²) in [5, 5.41) is 23.5. The van der Waals surface area contributed by atoms with Crippen molar-refractivity contribution >= 4 is 36.6 Å². The molecule has 11 nitrogen and oxygen atoms in total. The Kier molecular flexibility index (Phi) is 8.95. The highest BCUT2D eigenvalue weighted by molar-refractivity contribution is 7.71. The number of aromatic nitrogens is 2. The molecule has 2 aromatic carbocycles. The Morgan fingerprint density at radius 3 is 2.76 bits per heavy atom. The molecule has 4 rings (SSSR count). The van der Waals surface area contributed by atoms with Crippen LogP contribution in [-0.4, -0.2) is 62.9 Å². The second kappa shape index (κ2) is 13.0. The zero-order chi connectivity index (χ0) is 31.6. The maximum absolute atomic E-state index is 14.4. The molecule has 1 unspecified atom stereocenters. The standard InChI is InChI=1S/C28H35N2O9PS/c1-4-5-15-36-25(33)18(2)17-40(35,39-21-12-8-10-19-9-6-7-11-20(19)21)37-16-22-24(32)28(3,34)26(38-22)30-14-13-23(31)29-27(30)41/h6-14,18,22,24,26,32,34H,4-5,15-17H2,1-3H3,(H,29,31,41)/t18-,22-,24+,26-,28?,40+/m1/s1/i16D2. The van der Waals surface area contributed by atoms with E-state index in [1.54, 1.807) is 18.2 Å². The number of fused-ring (bicyclic) bond motifs is 1. The zero-order valence-corrected chi connectivity index (χ0v) is 24.6. The summed E-state index contributed by atoms with van der Waals surface area (Å²) in [6.45, 7) is 1.74. The lowest BCUT2D eigenvalue weighted by molar-refractivity contribution is -0.147. The van der Waals surface area contributed by atoms with Gasteiger partial charge in [-0.05, 0) is 37.0 Å². The van der Waals surface area contributed by atoms with Crippen LogP contribution in [0.15, 0.2) is 59.5 Å². The van der Waals surface area contributed by atoms with Crippen molar-refractivity contribution < 1.29 is 40.8 Å². The monoisotopic (exact) mass is 608 g/mol. The Balaban J connectivity index is 1.67. The van der Waals surface area contributed by atoms with Crippen molar-refractivity contribution in [2.24, 2.45) is 5.92 Å². The first kappa shape index (κ1) is 28.3. The van der Waals surface area contributed by atoms with Crippen molar-refractivity contribution in [3.8, 4) is 5.75 Å². The molecule has 0 spiro atoms. The molecule has 6 atom stereocenters. The SMILES string of the molecule is [2H]C([2H])(O[P@@](=O)(C[C@@H](C)C(=O)OCCCC)Oc1cccc2ccccc12)[C@H]1O[C@@H](n2ccc(=O)[nH]c2=S)C(C)(O)[C@H]1O. The van der Waals surface area contributed by atoms with E-state index in [1.165, 1.54) is 26.1 Å². The predicted octanol–water partition coefficient (Wildman–Crippen LogP) is 4.34. The van der Waals surface area contributed by atoms with E-state index < -0.39 is 61.8 Å². The van der Waals surface area contributed by atoms with Crippen LogP contribution in [0.3, 0.4) is 0 Å². The largest absolute Gasteiger partial charge is 0.465 e. The molecule has 1 fully saturated rings. The second-order valence-electron chi connectivity index (χ2n) is 10.1. The highest BCUT2D eigenvalue weighted by Crippen LogP contribution is 2.52. The van der Waals surface area contributed by atoms with E-state index in [-0.39, 0.29) is 17.1 Å². The Hall–Kier alpha value is -2.86. The van der Waals surface area contributed by atoms with Gasteiger partial charge in [0.1, 0.15) is 23.6 Å². The summed E-state index contributed by atoms with van der Waals surface area (Å²) in [4.78, 5) is 26.7. The normalized spacial score (nSPS) is 25.6. The minimum atomic E-state index is -4.57. The number of ether oxygens (including phenoxy) is 2. The Morgan fingerprint density at radius 1 is 1.29 bits per heavy atom. The third-order valence-corrected chi connectivity index (χ3v) is 8.87. The van der Waals surface area contributed by atoms with Crippen molar-refractivity contribution in [3.05, 3.63) is 69.9 Å². The van der Waals surface area contributed by atoms with Gasteiger partial charge >= 0.3 is 13.6 Å². The number of aromatic amines is 1. The third kappa shape index (κ3) is 7.14. The lowest BCUT2D eigenvalue weighted by Crippen LogP contribution is -2.44. The molecule has 222 valence electrons.